The average molecular weight is 203 g/mol. The van der Waals surface area contributed by atoms with Crippen molar-refractivity contribution in [2.24, 2.45) is 11.7 Å². The average Bonchev–Trinajstić information content (AvgIpc) is 2.18. The van der Waals surface area contributed by atoms with Crippen LogP contribution in [-0.2, 0) is 0 Å². The van der Waals surface area contributed by atoms with E-state index in [0.717, 1.165) is 18.8 Å². The van der Waals surface area contributed by atoms with E-state index in [1.54, 1.807) is 0 Å². The van der Waals surface area contributed by atoms with E-state index in [0.29, 0.717) is 0 Å². The summed E-state index contributed by atoms with van der Waals surface area (Å²) in [5.41, 5.74) is 6.49. The van der Waals surface area contributed by atoms with Gasteiger partial charge in [-0.15, -0.1) is 0 Å². The minimum absolute atomic E-state index is 0. The summed E-state index contributed by atoms with van der Waals surface area (Å²) in [5.74, 6) is 0.724. The lowest BCUT2D eigenvalue weighted by Gasteiger charge is -2.35. The third-order valence-electron chi connectivity index (χ3n) is 3.53. The molecule has 2 heteroatoms. The van der Waals surface area contributed by atoms with Gasteiger partial charge < -0.3 is 11.2 Å². The normalized spacial score (nSPS) is 13.5. The molecular formula is C12H29NO. The zero-order chi connectivity index (χ0) is 10.3. The fourth-order valence-corrected chi connectivity index (χ4v) is 2.18. The maximum atomic E-state index is 6.39. The zero-order valence-corrected chi connectivity index (χ0v) is 10.4. The summed E-state index contributed by atoms with van der Waals surface area (Å²) in [6.07, 6.45) is 7.40. The van der Waals surface area contributed by atoms with Crippen molar-refractivity contribution in [3.05, 3.63) is 0 Å². The number of hydrogen-bond acceptors (Lipinski definition) is 1. The van der Waals surface area contributed by atoms with Gasteiger partial charge in [-0.1, -0.05) is 47.0 Å². The van der Waals surface area contributed by atoms with E-state index in [1.807, 2.05) is 0 Å². The van der Waals surface area contributed by atoms with Crippen molar-refractivity contribution in [3.63, 3.8) is 0 Å². The van der Waals surface area contributed by atoms with Crippen LogP contribution in [0.2, 0.25) is 0 Å². The first-order valence-corrected chi connectivity index (χ1v) is 5.93. The molecule has 0 bridgehead atoms. The highest BCUT2D eigenvalue weighted by molar-refractivity contribution is 4.88. The van der Waals surface area contributed by atoms with Gasteiger partial charge in [-0.25, -0.2) is 0 Å². The second-order valence-electron chi connectivity index (χ2n) is 4.19. The van der Waals surface area contributed by atoms with Crippen LogP contribution in [0.25, 0.3) is 0 Å². The summed E-state index contributed by atoms with van der Waals surface area (Å²) in [6, 6.07) is 0. The van der Waals surface area contributed by atoms with E-state index in [4.69, 9.17) is 5.73 Å². The van der Waals surface area contributed by atoms with Crippen LogP contribution in [0, 0.1) is 5.92 Å². The molecule has 0 radical (unpaired) electrons. The first-order valence-electron chi connectivity index (χ1n) is 5.93. The number of unbranched alkanes of at least 4 members (excludes halogenated alkanes) is 1. The Labute approximate surface area is 89.6 Å². The largest absolute Gasteiger partial charge is 0.412 e. The van der Waals surface area contributed by atoms with Gasteiger partial charge in [-0.2, -0.15) is 0 Å². The van der Waals surface area contributed by atoms with E-state index in [9.17, 15) is 0 Å². The van der Waals surface area contributed by atoms with Crippen molar-refractivity contribution in [2.45, 2.75) is 71.8 Å². The second-order valence-corrected chi connectivity index (χ2v) is 4.19. The van der Waals surface area contributed by atoms with E-state index in [1.165, 1.54) is 25.7 Å². The summed E-state index contributed by atoms with van der Waals surface area (Å²) in [5, 5.41) is 0. The van der Waals surface area contributed by atoms with Gasteiger partial charge in [0.15, 0.2) is 0 Å². The first-order chi connectivity index (χ1) is 6.14. The molecule has 0 aliphatic heterocycles. The third-order valence-corrected chi connectivity index (χ3v) is 3.53. The Balaban J connectivity index is 0. The predicted octanol–water partition coefficient (Wildman–Crippen LogP) is 2.90. The van der Waals surface area contributed by atoms with Gasteiger partial charge in [0.2, 0.25) is 0 Å². The van der Waals surface area contributed by atoms with Crippen LogP contribution in [0.4, 0.5) is 0 Å². The summed E-state index contributed by atoms with van der Waals surface area (Å²) in [6.45, 7) is 8.96. The molecular weight excluding hydrogens is 174 g/mol. The molecule has 88 valence electrons. The minimum Gasteiger partial charge on any atom is -0.412 e. The summed E-state index contributed by atoms with van der Waals surface area (Å²) < 4.78 is 0. The van der Waals surface area contributed by atoms with Crippen LogP contribution in [0.1, 0.15) is 66.2 Å². The fraction of sp³-hybridized carbons (Fsp3) is 1.00. The van der Waals surface area contributed by atoms with Crippen LogP contribution in [0.15, 0.2) is 0 Å². The zero-order valence-electron chi connectivity index (χ0n) is 10.4. The maximum Gasteiger partial charge on any atom is 0.0177 e. The molecule has 0 aliphatic rings. The van der Waals surface area contributed by atoms with Crippen LogP contribution >= 0.6 is 0 Å². The van der Waals surface area contributed by atoms with Crippen LogP contribution in [-0.4, -0.2) is 11.0 Å². The lowest BCUT2D eigenvalue weighted by atomic mass is 9.76. The van der Waals surface area contributed by atoms with Gasteiger partial charge in [0.25, 0.3) is 0 Å². The topological polar surface area (TPSA) is 57.5 Å². The molecule has 0 aromatic carbocycles. The summed E-state index contributed by atoms with van der Waals surface area (Å²) >= 11 is 0. The Morgan fingerprint density at radius 3 is 1.86 bits per heavy atom. The van der Waals surface area contributed by atoms with Crippen molar-refractivity contribution >= 4 is 0 Å². The Kier molecular flexibility index (Phi) is 9.63. The van der Waals surface area contributed by atoms with E-state index < -0.39 is 0 Å². The van der Waals surface area contributed by atoms with Gasteiger partial charge in [0.1, 0.15) is 0 Å². The van der Waals surface area contributed by atoms with Crippen molar-refractivity contribution in [3.8, 4) is 0 Å². The van der Waals surface area contributed by atoms with Gasteiger partial charge >= 0.3 is 0 Å². The number of nitrogens with two attached hydrogens (primary N) is 1. The Bertz CT molecular complexity index is 121. The van der Waals surface area contributed by atoms with Crippen molar-refractivity contribution in [1.82, 2.24) is 0 Å². The van der Waals surface area contributed by atoms with Gasteiger partial charge in [0, 0.05) is 5.54 Å². The number of hydrogen-bond donors (Lipinski definition) is 1. The maximum absolute atomic E-state index is 6.39. The lowest BCUT2D eigenvalue weighted by Crippen LogP contribution is -2.45. The van der Waals surface area contributed by atoms with Gasteiger partial charge in [-0.05, 0) is 25.2 Å². The molecule has 2 nitrogen and oxygen atoms in total. The lowest BCUT2D eigenvalue weighted by molar-refractivity contribution is 0.226. The molecule has 0 amide bonds. The molecule has 0 heterocycles. The quantitative estimate of drug-likeness (QED) is 0.679. The Hall–Kier alpha value is -0.0800. The second kappa shape index (κ2) is 8.25. The summed E-state index contributed by atoms with van der Waals surface area (Å²) in [7, 11) is 0. The Morgan fingerprint density at radius 1 is 1.07 bits per heavy atom. The standard InChI is InChI=1S/C12H27N.H2O/c1-5-9-10-11(6-2)12(13,7-3)8-4;/h11H,5-10,13H2,1-4H3;1H2. The molecule has 0 aromatic rings. The molecule has 0 fully saturated rings. The van der Waals surface area contributed by atoms with Crippen LogP contribution in [0.3, 0.4) is 0 Å². The smallest absolute Gasteiger partial charge is 0.0177 e. The summed E-state index contributed by atoms with van der Waals surface area (Å²) in [4.78, 5) is 0. The predicted molar refractivity (Wildman–Crippen MR) is 64.4 cm³/mol. The first kappa shape index (κ1) is 16.4. The highest BCUT2D eigenvalue weighted by Gasteiger charge is 2.29. The Morgan fingerprint density at radius 2 is 1.57 bits per heavy atom. The minimum atomic E-state index is 0. The highest BCUT2D eigenvalue weighted by atomic mass is 16.0. The molecule has 0 aliphatic carbocycles. The van der Waals surface area contributed by atoms with E-state index in [-0.39, 0.29) is 11.0 Å². The molecule has 0 saturated heterocycles. The highest BCUT2D eigenvalue weighted by Crippen LogP contribution is 2.29. The molecule has 0 saturated carbocycles. The van der Waals surface area contributed by atoms with Crippen molar-refractivity contribution in [2.75, 3.05) is 0 Å². The molecule has 1 atom stereocenters. The van der Waals surface area contributed by atoms with Crippen molar-refractivity contribution < 1.29 is 5.48 Å². The molecule has 14 heavy (non-hydrogen) atoms. The third kappa shape index (κ3) is 4.43. The van der Waals surface area contributed by atoms with Gasteiger partial charge in [-0.3, -0.25) is 0 Å². The van der Waals surface area contributed by atoms with Crippen LogP contribution < -0.4 is 5.73 Å². The molecule has 1 unspecified atom stereocenters. The molecule has 4 N–H and O–H groups in total. The monoisotopic (exact) mass is 203 g/mol. The molecule has 0 spiro atoms. The van der Waals surface area contributed by atoms with E-state index >= 15 is 0 Å². The molecule has 0 rings (SSSR count). The fourth-order valence-electron chi connectivity index (χ4n) is 2.18. The van der Waals surface area contributed by atoms with Crippen molar-refractivity contribution in [1.29, 1.82) is 0 Å². The SMILES string of the molecule is CCCCC(CC)C(N)(CC)CC.O. The van der Waals surface area contributed by atoms with E-state index in [2.05, 4.69) is 27.7 Å². The van der Waals surface area contributed by atoms with Gasteiger partial charge in [0.05, 0.1) is 0 Å². The number of rotatable bonds is 7. The van der Waals surface area contributed by atoms with Crippen LogP contribution in [0.5, 0.6) is 0 Å². The molecule has 0 aromatic heterocycles.